The molecule has 2 heteroatoms. The molecule has 1 rings (SSSR count). The highest BCUT2D eigenvalue weighted by atomic mass is 16.2. The summed E-state index contributed by atoms with van der Waals surface area (Å²) in [4.78, 5) is 14.6. The molecule has 0 aromatic heterocycles. The zero-order valence-corrected chi connectivity index (χ0v) is 11.3. The predicted octanol–water partition coefficient (Wildman–Crippen LogP) is 3.60. The molecule has 1 amide bonds. The molecule has 1 atom stereocenters. The lowest BCUT2D eigenvalue weighted by molar-refractivity contribution is -0.140. The molecule has 94 valence electrons. The summed E-state index contributed by atoms with van der Waals surface area (Å²) in [5.74, 6) is 0.717. The van der Waals surface area contributed by atoms with Gasteiger partial charge >= 0.3 is 0 Å². The first-order chi connectivity index (χ1) is 7.57. The molecule has 1 saturated carbocycles. The van der Waals surface area contributed by atoms with Gasteiger partial charge in [-0.15, -0.1) is 0 Å². The summed E-state index contributed by atoms with van der Waals surface area (Å²) in [5, 5.41) is 0. The van der Waals surface area contributed by atoms with Gasteiger partial charge in [0.25, 0.3) is 0 Å². The Morgan fingerprint density at radius 1 is 1.19 bits per heavy atom. The first kappa shape index (κ1) is 13.5. The molecule has 1 aliphatic carbocycles. The van der Waals surface area contributed by atoms with Gasteiger partial charge in [-0.3, -0.25) is 4.79 Å². The summed E-state index contributed by atoms with van der Waals surface area (Å²) >= 11 is 0. The van der Waals surface area contributed by atoms with E-state index in [1.807, 2.05) is 0 Å². The molecule has 2 nitrogen and oxygen atoms in total. The maximum Gasteiger partial charge on any atom is 0.226 e. The van der Waals surface area contributed by atoms with E-state index in [4.69, 9.17) is 0 Å². The fraction of sp³-hybridized carbons (Fsp3) is 0.929. The van der Waals surface area contributed by atoms with Crippen molar-refractivity contribution >= 4 is 5.91 Å². The fourth-order valence-electron chi connectivity index (χ4n) is 2.74. The Bertz CT molecular complexity index is 219. The zero-order chi connectivity index (χ0) is 12.1. The van der Waals surface area contributed by atoms with Crippen molar-refractivity contribution in [2.45, 2.75) is 78.3 Å². The maximum atomic E-state index is 12.5. The van der Waals surface area contributed by atoms with Crippen molar-refractivity contribution < 1.29 is 4.79 Å². The van der Waals surface area contributed by atoms with Crippen LogP contribution in [0.3, 0.4) is 0 Å². The van der Waals surface area contributed by atoms with Crippen LogP contribution in [0.5, 0.6) is 0 Å². The number of hydrogen-bond donors (Lipinski definition) is 0. The van der Waals surface area contributed by atoms with Crippen LogP contribution in [-0.2, 0) is 4.79 Å². The summed E-state index contributed by atoms with van der Waals surface area (Å²) < 4.78 is 0. The Morgan fingerprint density at radius 2 is 1.75 bits per heavy atom. The Morgan fingerprint density at radius 3 is 2.19 bits per heavy atom. The first-order valence-corrected chi connectivity index (χ1v) is 6.90. The summed E-state index contributed by atoms with van der Waals surface area (Å²) in [5.41, 5.74) is 0. The van der Waals surface area contributed by atoms with E-state index >= 15 is 0 Å². The maximum absolute atomic E-state index is 12.5. The van der Waals surface area contributed by atoms with Gasteiger partial charge in [0.15, 0.2) is 0 Å². The van der Waals surface area contributed by atoms with E-state index in [1.165, 1.54) is 19.3 Å². The van der Waals surface area contributed by atoms with Crippen LogP contribution in [0.2, 0.25) is 0 Å². The SMILES string of the molecule is CCC(C)N(C(=O)C1CCCCC1)C(C)C. The van der Waals surface area contributed by atoms with Gasteiger partial charge in [0.2, 0.25) is 5.91 Å². The molecule has 1 aliphatic rings. The second-order valence-electron chi connectivity index (χ2n) is 5.43. The molecular weight excluding hydrogens is 198 g/mol. The van der Waals surface area contributed by atoms with Gasteiger partial charge in [-0.05, 0) is 40.0 Å². The molecule has 0 bridgehead atoms. The Labute approximate surface area is 100 Å². The molecule has 0 aliphatic heterocycles. The Hall–Kier alpha value is -0.530. The number of amides is 1. The number of rotatable bonds is 4. The van der Waals surface area contributed by atoms with Crippen LogP contribution >= 0.6 is 0 Å². The van der Waals surface area contributed by atoms with E-state index in [9.17, 15) is 4.79 Å². The van der Waals surface area contributed by atoms with Crippen molar-refractivity contribution in [3.05, 3.63) is 0 Å². The molecule has 0 heterocycles. The lowest BCUT2D eigenvalue weighted by Gasteiger charge is -2.36. The molecule has 1 unspecified atom stereocenters. The molecular formula is C14H27NO. The van der Waals surface area contributed by atoms with Crippen LogP contribution in [0.1, 0.15) is 66.2 Å². The smallest absolute Gasteiger partial charge is 0.226 e. The van der Waals surface area contributed by atoms with Crippen molar-refractivity contribution in [2.24, 2.45) is 5.92 Å². The molecule has 1 fully saturated rings. The van der Waals surface area contributed by atoms with E-state index in [-0.39, 0.29) is 0 Å². The van der Waals surface area contributed by atoms with Crippen LogP contribution in [0.15, 0.2) is 0 Å². The van der Waals surface area contributed by atoms with E-state index in [2.05, 4.69) is 32.6 Å². The van der Waals surface area contributed by atoms with Crippen LogP contribution in [0.4, 0.5) is 0 Å². The topological polar surface area (TPSA) is 20.3 Å². The lowest BCUT2D eigenvalue weighted by Crippen LogP contribution is -2.46. The quantitative estimate of drug-likeness (QED) is 0.716. The van der Waals surface area contributed by atoms with Gasteiger partial charge in [0.05, 0.1) is 0 Å². The predicted molar refractivity (Wildman–Crippen MR) is 68.3 cm³/mol. The van der Waals surface area contributed by atoms with Crippen LogP contribution < -0.4 is 0 Å². The van der Waals surface area contributed by atoms with E-state index < -0.39 is 0 Å². The second kappa shape index (κ2) is 6.27. The second-order valence-corrected chi connectivity index (χ2v) is 5.43. The van der Waals surface area contributed by atoms with E-state index in [0.717, 1.165) is 19.3 Å². The minimum atomic E-state index is 0.310. The lowest BCUT2D eigenvalue weighted by atomic mass is 9.87. The fourth-order valence-corrected chi connectivity index (χ4v) is 2.74. The highest BCUT2D eigenvalue weighted by Crippen LogP contribution is 2.27. The minimum absolute atomic E-state index is 0.310. The zero-order valence-electron chi connectivity index (χ0n) is 11.3. The monoisotopic (exact) mass is 225 g/mol. The highest BCUT2D eigenvalue weighted by Gasteiger charge is 2.29. The highest BCUT2D eigenvalue weighted by molar-refractivity contribution is 5.79. The van der Waals surface area contributed by atoms with E-state index in [0.29, 0.717) is 23.9 Å². The van der Waals surface area contributed by atoms with Gasteiger partial charge in [-0.1, -0.05) is 26.2 Å². The summed E-state index contributed by atoms with van der Waals surface area (Å²) in [7, 11) is 0. The van der Waals surface area contributed by atoms with Crippen LogP contribution in [-0.4, -0.2) is 22.9 Å². The van der Waals surface area contributed by atoms with Crippen molar-refractivity contribution in [1.82, 2.24) is 4.90 Å². The van der Waals surface area contributed by atoms with Gasteiger partial charge in [0.1, 0.15) is 0 Å². The molecule has 0 saturated heterocycles. The Balaban J connectivity index is 2.65. The standard InChI is InChI=1S/C14H27NO/c1-5-12(4)15(11(2)3)14(16)13-9-7-6-8-10-13/h11-13H,5-10H2,1-4H3. The molecule has 16 heavy (non-hydrogen) atoms. The number of carbonyl (C=O) groups is 1. The number of hydrogen-bond acceptors (Lipinski definition) is 1. The number of nitrogens with zero attached hydrogens (tertiary/aromatic N) is 1. The Kier molecular flexibility index (Phi) is 5.30. The molecule has 0 aromatic rings. The van der Waals surface area contributed by atoms with Crippen molar-refractivity contribution in [1.29, 1.82) is 0 Å². The van der Waals surface area contributed by atoms with Crippen molar-refractivity contribution in [3.8, 4) is 0 Å². The molecule has 0 spiro atoms. The molecule has 0 aromatic carbocycles. The molecule has 0 N–H and O–H groups in total. The normalized spacial score (nSPS) is 19.8. The summed E-state index contributed by atoms with van der Waals surface area (Å²) in [6.07, 6.45) is 7.06. The van der Waals surface area contributed by atoms with Gasteiger partial charge in [-0.25, -0.2) is 0 Å². The summed E-state index contributed by atoms with van der Waals surface area (Å²) in [6, 6.07) is 0.721. The van der Waals surface area contributed by atoms with E-state index in [1.54, 1.807) is 0 Å². The first-order valence-electron chi connectivity index (χ1n) is 6.90. The van der Waals surface area contributed by atoms with Gasteiger partial charge < -0.3 is 4.90 Å². The van der Waals surface area contributed by atoms with Crippen LogP contribution in [0, 0.1) is 5.92 Å². The average Bonchev–Trinajstić information content (AvgIpc) is 2.29. The third kappa shape index (κ3) is 3.23. The van der Waals surface area contributed by atoms with Crippen molar-refractivity contribution in [3.63, 3.8) is 0 Å². The number of carbonyl (C=O) groups excluding carboxylic acids is 1. The summed E-state index contributed by atoms with van der Waals surface area (Å²) in [6.45, 7) is 8.59. The van der Waals surface area contributed by atoms with Crippen LogP contribution in [0.25, 0.3) is 0 Å². The van der Waals surface area contributed by atoms with Crippen molar-refractivity contribution in [2.75, 3.05) is 0 Å². The third-order valence-corrected chi connectivity index (χ3v) is 3.83. The minimum Gasteiger partial charge on any atom is -0.337 e. The average molecular weight is 225 g/mol. The molecule has 0 radical (unpaired) electrons. The van der Waals surface area contributed by atoms with Gasteiger partial charge in [-0.2, -0.15) is 0 Å². The van der Waals surface area contributed by atoms with Gasteiger partial charge in [0, 0.05) is 18.0 Å². The third-order valence-electron chi connectivity index (χ3n) is 3.83. The largest absolute Gasteiger partial charge is 0.337 e.